The highest BCUT2D eigenvalue weighted by Gasteiger charge is 2.11. The lowest BCUT2D eigenvalue weighted by atomic mass is 10.1. The monoisotopic (exact) mass is 377 g/mol. The first-order chi connectivity index (χ1) is 12.4. The minimum Gasteiger partial charge on any atom is -0.493 e. The van der Waals surface area contributed by atoms with Gasteiger partial charge >= 0.3 is 0 Å². The number of hydrogen-bond acceptors (Lipinski definition) is 4. The van der Waals surface area contributed by atoms with Gasteiger partial charge in [0.15, 0.2) is 11.5 Å². The summed E-state index contributed by atoms with van der Waals surface area (Å²) < 4.78 is 16.4. The predicted molar refractivity (Wildman–Crippen MR) is 103 cm³/mol. The topological polar surface area (TPSA) is 56.8 Å². The van der Waals surface area contributed by atoms with Crippen molar-refractivity contribution in [1.82, 2.24) is 5.32 Å². The number of halogens is 1. The van der Waals surface area contributed by atoms with Crippen molar-refractivity contribution in [2.45, 2.75) is 33.4 Å². The SMILES string of the molecule is CCOc1ccc(C(=O)NCc2ccc(OC(C)C)c(OC)c2)cc1Cl. The van der Waals surface area contributed by atoms with Gasteiger partial charge in [-0.05, 0) is 56.7 Å². The Bertz CT molecular complexity index is 761. The van der Waals surface area contributed by atoms with Gasteiger partial charge in [0.1, 0.15) is 5.75 Å². The van der Waals surface area contributed by atoms with E-state index >= 15 is 0 Å². The summed E-state index contributed by atoms with van der Waals surface area (Å²) >= 11 is 6.13. The minimum absolute atomic E-state index is 0.0545. The van der Waals surface area contributed by atoms with Crippen LogP contribution in [0.5, 0.6) is 17.2 Å². The first-order valence-electron chi connectivity index (χ1n) is 8.48. The van der Waals surface area contributed by atoms with Gasteiger partial charge in [-0.25, -0.2) is 0 Å². The Hall–Kier alpha value is -2.40. The van der Waals surface area contributed by atoms with Gasteiger partial charge in [0, 0.05) is 12.1 Å². The molecule has 2 aromatic rings. The molecule has 26 heavy (non-hydrogen) atoms. The van der Waals surface area contributed by atoms with Crippen LogP contribution in [0.25, 0.3) is 0 Å². The van der Waals surface area contributed by atoms with Gasteiger partial charge in [0.25, 0.3) is 5.91 Å². The van der Waals surface area contributed by atoms with E-state index in [4.69, 9.17) is 25.8 Å². The third-order valence-corrected chi connectivity index (χ3v) is 3.83. The van der Waals surface area contributed by atoms with E-state index in [0.29, 0.717) is 41.0 Å². The van der Waals surface area contributed by atoms with Gasteiger partial charge in [-0.1, -0.05) is 17.7 Å². The fourth-order valence-corrected chi connectivity index (χ4v) is 2.61. The molecule has 0 fully saturated rings. The van der Waals surface area contributed by atoms with Crippen molar-refractivity contribution in [1.29, 1.82) is 0 Å². The smallest absolute Gasteiger partial charge is 0.251 e. The molecule has 2 rings (SSSR count). The van der Waals surface area contributed by atoms with E-state index in [-0.39, 0.29) is 12.0 Å². The van der Waals surface area contributed by atoms with Crippen LogP contribution in [-0.2, 0) is 6.54 Å². The van der Waals surface area contributed by atoms with E-state index in [9.17, 15) is 4.79 Å². The number of methoxy groups -OCH3 is 1. The van der Waals surface area contributed by atoms with Crippen LogP contribution in [0, 0.1) is 0 Å². The van der Waals surface area contributed by atoms with E-state index in [1.54, 1.807) is 25.3 Å². The van der Waals surface area contributed by atoms with E-state index in [2.05, 4.69) is 5.32 Å². The lowest BCUT2D eigenvalue weighted by molar-refractivity contribution is 0.0951. The van der Waals surface area contributed by atoms with Crippen molar-refractivity contribution in [3.8, 4) is 17.2 Å². The second-order valence-electron chi connectivity index (χ2n) is 5.91. The molecule has 0 saturated heterocycles. The van der Waals surface area contributed by atoms with Crippen LogP contribution in [0.1, 0.15) is 36.7 Å². The Morgan fingerprint density at radius 1 is 1.12 bits per heavy atom. The largest absolute Gasteiger partial charge is 0.493 e. The molecule has 0 radical (unpaired) electrons. The number of rotatable bonds is 8. The average Bonchev–Trinajstić information content (AvgIpc) is 2.62. The van der Waals surface area contributed by atoms with Crippen molar-refractivity contribution < 1.29 is 19.0 Å². The summed E-state index contributed by atoms with van der Waals surface area (Å²) in [5.74, 6) is 1.66. The van der Waals surface area contributed by atoms with Crippen LogP contribution in [-0.4, -0.2) is 25.7 Å². The summed E-state index contributed by atoms with van der Waals surface area (Å²) in [7, 11) is 1.59. The lowest BCUT2D eigenvalue weighted by Crippen LogP contribution is -2.22. The number of carbonyl (C=O) groups excluding carboxylic acids is 1. The fraction of sp³-hybridized carbons (Fsp3) is 0.350. The van der Waals surface area contributed by atoms with Gasteiger partial charge in [-0.2, -0.15) is 0 Å². The van der Waals surface area contributed by atoms with E-state index in [1.807, 2.05) is 39.0 Å². The third-order valence-electron chi connectivity index (χ3n) is 3.54. The minimum atomic E-state index is -0.212. The molecule has 0 aliphatic heterocycles. The molecular weight excluding hydrogens is 354 g/mol. The molecule has 0 spiro atoms. The van der Waals surface area contributed by atoms with Crippen molar-refractivity contribution in [3.05, 3.63) is 52.5 Å². The number of carbonyl (C=O) groups is 1. The number of benzene rings is 2. The molecule has 2 aromatic carbocycles. The van der Waals surface area contributed by atoms with E-state index in [0.717, 1.165) is 5.56 Å². The molecule has 0 aliphatic carbocycles. The maximum absolute atomic E-state index is 12.3. The zero-order chi connectivity index (χ0) is 19.1. The zero-order valence-corrected chi connectivity index (χ0v) is 16.2. The Kier molecular flexibility index (Phi) is 7.16. The molecule has 6 heteroatoms. The van der Waals surface area contributed by atoms with Gasteiger partial charge in [0.2, 0.25) is 0 Å². The Morgan fingerprint density at radius 3 is 2.46 bits per heavy atom. The summed E-state index contributed by atoms with van der Waals surface area (Å²) in [6.07, 6.45) is 0.0545. The fourth-order valence-electron chi connectivity index (χ4n) is 2.37. The zero-order valence-electron chi connectivity index (χ0n) is 15.5. The highest BCUT2D eigenvalue weighted by atomic mass is 35.5. The highest BCUT2D eigenvalue weighted by molar-refractivity contribution is 6.32. The predicted octanol–water partition coefficient (Wildman–Crippen LogP) is 4.46. The van der Waals surface area contributed by atoms with Crippen LogP contribution in [0.3, 0.4) is 0 Å². The second kappa shape index (κ2) is 9.34. The number of ether oxygens (including phenoxy) is 3. The molecule has 0 aliphatic rings. The normalized spacial score (nSPS) is 10.5. The molecule has 140 valence electrons. The third kappa shape index (κ3) is 5.30. The van der Waals surface area contributed by atoms with Crippen LogP contribution >= 0.6 is 11.6 Å². The second-order valence-corrected chi connectivity index (χ2v) is 6.32. The molecule has 5 nitrogen and oxygen atoms in total. The van der Waals surface area contributed by atoms with E-state index < -0.39 is 0 Å². The quantitative estimate of drug-likeness (QED) is 0.737. The Morgan fingerprint density at radius 2 is 1.85 bits per heavy atom. The summed E-state index contributed by atoms with van der Waals surface area (Å²) in [6.45, 7) is 6.67. The standard InChI is InChI=1S/C20H24ClNO4/c1-5-25-17-9-7-15(11-16(17)21)20(23)22-12-14-6-8-18(26-13(2)3)19(10-14)24-4/h6-11,13H,5,12H2,1-4H3,(H,22,23). The summed E-state index contributed by atoms with van der Waals surface area (Å²) in [5, 5.41) is 3.28. The molecule has 0 unspecified atom stereocenters. The van der Waals surface area contributed by atoms with Crippen molar-refractivity contribution in [3.63, 3.8) is 0 Å². The summed E-state index contributed by atoms with van der Waals surface area (Å²) in [4.78, 5) is 12.3. The van der Waals surface area contributed by atoms with Crippen molar-refractivity contribution >= 4 is 17.5 Å². The molecule has 0 saturated carbocycles. The van der Waals surface area contributed by atoms with Crippen LogP contribution in [0.2, 0.25) is 5.02 Å². The van der Waals surface area contributed by atoms with Crippen LogP contribution in [0.15, 0.2) is 36.4 Å². The van der Waals surface area contributed by atoms with Gasteiger partial charge < -0.3 is 19.5 Å². The maximum Gasteiger partial charge on any atom is 0.251 e. The maximum atomic E-state index is 12.3. The van der Waals surface area contributed by atoms with Crippen LogP contribution in [0.4, 0.5) is 0 Å². The van der Waals surface area contributed by atoms with E-state index in [1.165, 1.54) is 0 Å². The number of amides is 1. The van der Waals surface area contributed by atoms with Gasteiger partial charge in [-0.3, -0.25) is 4.79 Å². The summed E-state index contributed by atoms with van der Waals surface area (Å²) in [6, 6.07) is 10.6. The Balaban J connectivity index is 2.04. The highest BCUT2D eigenvalue weighted by Crippen LogP contribution is 2.29. The molecule has 1 N–H and O–H groups in total. The van der Waals surface area contributed by atoms with Crippen LogP contribution < -0.4 is 19.5 Å². The average molecular weight is 378 g/mol. The molecule has 0 heterocycles. The molecule has 0 bridgehead atoms. The molecule has 0 aromatic heterocycles. The number of hydrogen-bond donors (Lipinski definition) is 1. The number of nitrogens with one attached hydrogen (secondary N) is 1. The molecular formula is C20H24ClNO4. The van der Waals surface area contributed by atoms with Crippen molar-refractivity contribution in [2.75, 3.05) is 13.7 Å². The Labute approximate surface area is 159 Å². The first-order valence-corrected chi connectivity index (χ1v) is 8.86. The van der Waals surface area contributed by atoms with Crippen molar-refractivity contribution in [2.24, 2.45) is 0 Å². The van der Waals surface area contributed by atoms with Gasteiger partial charge in [0.05, 0.1) is 24.8 Å². The molecule has 1 amide bonds. The van der Waals surface area contributed by atoms with Gasteiger partial charge in [-0.15, -0.1) is 0 Å². The molecule has 0 atom stereocenters. The lowest BCUT2D eigenvalue weighted by Gasteiger charge is -2.15. The summed E-state index contributed by atoms with van der Waals surface area (Å²) in [5.41, 5.74) is 1.38. The first kappa shape index (κ1) is 19.9.